The molecule has 0 radical (unpaired) electrons. The van der Waals surface area contributed by atoms with Gasteiger partial charge < -0.3 is 15.0 Å². The van der Waals surface area contributed by atoms with Crippen molar-refractivity contribution in [2.45, 2.75) is 63.1 Å². The number of carbonyl (C=O) groups is 2. The van der Waals surface area contributed by atoms with Gasteiger partial charge in [-0.1, -0.05) is 72.5 Å². The standard InChI is InChI=1S/C31H36ClN3O5S/c1-22-13-16-27(17-14-22)41(38,39)35(26-15-18-29(40-3)28(32)19-26)21-30(36)34(20-24-9-5-4-6-10-24)23(2)31(37)33-25-11-7-8-12-25/h4-6,9-10,13-19,23,25H,7-8,11-12,20-21H2,1-3H3,(H,33,37)/t23-/m0/s1. The molecule has 3 aromatic rings. The first-order chi connectivity index (χ1) is 19.6. The molecule has 1 N–H and O–H groups in total. The SMILES string of the molecule is COc1ccc(N(CC(=O)N(Cc2ccccc2)[C@@H](C)C(=O)NC2CCCC2)S(=O)(=O)c2ccc(C)cc2)cc1Cl. The topological polar surface area (TPSA) is 96.0 Å². The first kappa shape index (κ1) is 30.4. The predicted octanol–water partition coefficient (Wildman–Crippen LogP) is 5.33. The number of halogens is 1. The summed E-state index contributed by atoms with van der Waals surface area (Å²) in [7, 11) is -2.72. The summed E-state index contributed by atoms with van der Waals surface area (Å²) in [5.41, 5.74) is 1.92. The van der Waals surface area contributed by atoms with Gasteiger partial charge in [0.1, 0.15) is 18.3 Å². The highest BCUT2D eigenvalue weighted by atomic mass is 35.5. The lowest BCUT2D eigenvalue weighted by Crippen LogP contribution is -2.52. The third-order valence-corrected chi connectivity index (χ3v) is 9.46. The number of hydrogen-bond donors (Lipinski definition) is 1. The molecule has 0 saturated heterocycles. The van der Waals surface area contributed by atoms with Crippen molar-refractivity contribution in [1.82, 2.24) is 10.2 Å². The average Bonchev–Trinajstić information content (AvgIpc) is 3.48. The zero-order valence-corrected chi connectivity index (χ0v) is 25.1. The normalized spacial score (nSPS) is 14.3. The molecule has 4 rings (SSSR count). The Kier molecular flexibility index (Phi) is 9.94. The first-order valence-electron chi connectivity index (χ1n) is 13.7. The summed E-state index contributed by atoms with van der Waals surface area (Å²) < 4.78 is 34.2. The molecule has 8 nitrogen and oxygen atoms in total. The van der Waals surface area contributed by atoms with Crippen LogP contribution in [0.3, 0.4) is 0 Å². The average molecular weight is 598 g/mol. The Hall–Kier alpha value is -3.56. The Bertz CT molecular complexity index is 1460. The number of sulfonamides is 1. The van der Waals surface area contributed by atoms with Gasteiger partial charge in [0.15, 0.2) is 0 Å². The molecule has 0 spiro atoms. The number of rotatable bonds is 11. The molecule has 2 amide bonds. The number of aryl methyl sites for hydroxylation is 1. The minimum absolute atomic E-state index is 0.0319. The second-order valence-electron chi connectivity index (χ2n) is 10.3. The van der Waals surface area contributed by atoms with Crippen LogP contribution in [0.2, 0.25) is 5.02 Å². The highest BCUT2D eigenvalue weighted by Gasteiger charge is 2.33. The zero-order chi connectivity index (χ0) is 29.6. The fourth-order valence-electron chi connectivity index (χ4n) is 4.93. The number of benzene rings is 3. The summed E-state index contributed by atoms with van der Waals surface area (Å²) in [6.07, 6.45) is 3.93. The number of amides is 2. The molecule has 0 aromatic heterocycles. The summed E-state index contributed by atoms with van der Waals surface area (Å²) in [5.74, 6) is -0.412. The monoisotopic (exact) mass is 597 g/mol. The fraction of sp³-hybridized carbons (Fsp3) is 0.355. The Morgan fingerprint density at radius 3 is 2.29 bits per heavy atom. The molecule has 0 unspecified atom stereocenters. The Labute approximate surface area is 247 Å². The fourth-order valence-corrected chi connectivity index (χ4v) is 6.59. The number of nitrogens with one attached hydrogen (secondary N) is 1. The van der Waals surface area contributed by atoms with Crippen molar-refractivity contribution in [1.29, 1.82) is 0 Å². The quantitative estimate of drug-likeness (QED) is 0.322. The Morgan fingerprint density at radius 1 is 1.02 bits per heavy atom. The van der Waals surface area contributed by atoms with Gasteiger partial charge in [0.25, 0.3) is 10.0 Å². The molecule has 1 atom stereocenters. The van der Waals surface area contributed by atoms with E-state index in [9.17, 15) is 18.0 Å². The van der Waals surface area contributed by atoms with E-state index in [0.29, 0.717) is 5.75 Å². The van der Waals surface area contributed by atoms with Crippen LogP contribution in [0.1, 0.15) is 43.7 Å². The Morgan fingerprint density at radius 2 is 1.68 bits per heavy atom. The molecule has 10 heteroatoms. The van der Waals surface area contributed by atoms with Crippen molar-refractivity contribution < 1.29 is 22.7 Å². The molecule has 0 heterocycles. The summed E-state index contributed by atoms with van der Waals surface area (Å²) in [4.78, 5) is 28.8. The lowest BCUT2D eigenvalue weighted by atomic mass is 10.1. The molecule has 0 bridgehead atoms. The number of methoxy groups -OCH3 is 1. The maximum Gasteiger partial charge on any atom is 0.264 e. The lowest BCUT2D eigenvalue weighted by molar-refractivity contribution is -0.139. The van der Waals surface area contributed by atoms with Crippen LogP contribution in [0, 0.1) is 6.92 Å². The third-order valence-electron chi connectivity index (χ3n) is 7.38. The molecular formula is C31H36ClN3O5S. The zero-order valence-electron chi connectivity index (χ0n) is 23.5. The van der Waals surface area contributed by atoms with E-state index in [1.807, 2.05) is 37.3 Å². The van der Waals surface area contributed by atoms with Crippen molar-refractivity contribution in [2.24, 2.45) is 0 Å². The van der Waals surface area contributed by atoms with Gasteiger partial charge in [-0.15, -0.1) is 0 Å². The number of anilines is 1. The molecule has 1 aliphatic carbocycles. The molecule has 1 fully saturated rings. The van der Waals surface area contributed by atoms with Gasteiger partial charge in [0.05, 0.1) is 22.7 Å². The van der Waals surface area contributed by atoms with E-state index < -0.39 is 28.5 Å². The predicted molar refractivity (Wildman–Crippen MR) is 161 cm³/mol. The largest absolute Gasteiger partial charge is 0.495 e. The highest BCUT2D eigenvalue weighted by Crippen LogP contribution is 2.32. The van der Waals surface area contributed by atoms with E-state index in [-0.39, 0.29) is 34.1 Å². The van der Waals surface area contributed by atoms with Crippen LogP contribution in [0.4, 0.5) is 5.69 Å². The van der Waals surface area contributed by atoms with Crippen LogP contribution < -0.4 is 14.4 Å². The van der Waals surface area contributed by atoms with Crippen molar-refractivity contribution in [3.05, 3.63) is 88.9 Å². The van der Waals surface area contributed by atoms with Crippen LogP contribution >= 0.6 is 11.6 Å². The number of nitrogens with zero attached hydrogens (tertiary/aromatic N) is 2. The van der Waals surface area contributed by atoms with Crippen molar-refractivity contribution >= 4 is 39.1 Å². The molecular weight excluding hydrogens is 562 g/mol. The van der Waals surface area contributed by atoms with Crippen LogP contribution in [-0.2, 0) is 26.2 Å². The molecule has 3 aromatic carbocycles. The maximum atomic E-state index is 14.0. The molecule has 218 valence electrons. The third kappa shape index (κ3) is 7.40. The molecule has 1 aliphatic rings. The summed E-state index contributed by atoms with van der Waals surface area (Å²) in [5, 5.41) is 3.27. The summed E-state index contributed by atoms with van der Waals surface area (Å²) in [6.45, 7) is 3.14. The maximum absolute atomic E-state index is 14.0. The smallest absolute Gasteiger partial charge is 0.264 e. The van der Waals surface area contributed by atoms with Gasteiger partial charge in [0, 0.05) is 12.6 Å². The summed E-state index contributed by atoms with van der Waals surface area (Å²) >= 11 is 6.38. The van der Waals surface area contributed by atoms with E-state index in [1.165, 1.54) is 30.2 Å². The van der Waals surface area contributed by atoms with Gasteiger partial charge in [-0.2, -0.15) is 0 Å². The van der Waals surface area contributed by atoms with Crippen molar-refractivity contribution in [2.75, 3.05) is 18.0 Å². The van der Waals surface area contributed by atoms with Gasteiger partial charge in [0.2, 0.25) is 11.8 Å². The molecule has 1 saturated carbocycles. The van der Waals surface area contributed by atoms with Gasteiger partial charge >= 0.3 is 0 Å². The van der Waals surface area contributed by atoms with Crippen molar-refractivity contribution in [3.63, 3.8) is 0 Å². The first-order valence-corrected chi connectivity index (χ1v) is 15.5. The van der Waals surface area contributed by atoms with Crippen LogP contribution in [0.15, 0.2) is 77.7 Å². The summed E-state index contributed by atoms with van der Waals surface area (Å²) in [6, 6.07) is 19.5. The van der Waals surface area contributed by atoms with E-state index >= 15 is 0 Å². The number of ether oxygens (including phenoxy) is 1. The van der Waals surface area contributed by atoms with E-state index in [4.69, 9.17) is 16.3 Å². The van der Waals surface area contributed by atoms with Crippen LogP contribution in [0.25, 0.3) is 0 Å². The van der Waals surface area contributed by atoms with Gasteiger partial charge in [-0.25, -0.2) is 8.42 Å². The minimum atomic E-state index is -4.19. The Balaban J connectivity index is 1.70. The molecule has 41 heavy (non-hydrogen) atoms. The van der Waals surface area contributed by atoms with E-state index in [2.05, 4.69) is 5.32 Å². The minimum Gasteiger partial charge on any atom is -0.495 e. The van der Waals surface area contributed by atoms with Gasteiger partial charge in [-0.05, 0) is 62.6 Å². The van der Waals surface area contributed by atoms with Crippen LogP contribution in [0.5, 0.6) is 5.75 Å². The number of carbonyl (C=O) groups excluding carboxylic acids is 2. The number of hydrogen-bond acceptors (Lipinski definition) is 5. The lowest BCUT2D eigenvalue weighted by Gasteiger charge is -2.32. The van der Waals surface area contributed by atoms with E-state index in [1.54, 1.807) is 31.2 Å². The van der Waals surface area contributed by atoms with Crippen LogP contribution in [-0.4, -0.2) is 50.9 Å². The second kappa shape index (κ2) is 13.4. The van der Waals surface area contributed by atoms with E-state index in [0.717, 1.165) is 41.1 Å². The molecule has 0 aliphatic heterocycles. The van der Waals surface area contributed by atoms with Gasteiger partial charge in [-0.3, -0.25) is 13.9 Å². The van der Waals surface area contributed by atoms with Crippen molar-refractivity contribution in [3.8, 4) is 5.75 Å². The highest BCUT2D eigenvalue weighted by molar-refractivity contribution is 7.92. The second-order valence-corrected chi connectivity index (χ2v) is 12.6.